The van der Waals surface area contributed by atoms with Gasteiger partial charge in [-0.25, -0.2) is 0 Å². The number of rotatable bonds is 4. The van der Waals surface area contributed by atoms with Gasteiger partial charge in [-0.15, -0.1) is 0 Å². The van der Waals surface area contributed by atoms with E-state index in [1.165, 1.54) is 0 Å². The van der Waals surface area contributed by atoms with Crippen LogP contribution in [0.15, 0.2) is 12.4 Å². The van der Waals surface area contributed by atoms with Crippen LogP contribution in [0.5, 0.6) is 0 Å². The van der Waals surface area contributed by atoms with Gasteiger partial charge in [0.05, 0.1) is 23.8 Å². The van der Waals surface area contributed by atoms with Crippen LogP contribution in [0.25, 0.3) is 0 Å². The van der Waals surface area contributed by atoms with Crippen LogP contribution in [-0.4, -0.2) is 29.2 Å². The number of hydrogen-bond donors (Lipinski definition) is 2. The molecule has 0 amide bonds. The Bertz CT molecular complexity index is 308. The Labute approximate surface area is 95.4 Å². The van der Waals surface area contributed by atoms with Crippen molar-refractivity contribution in [3.05, 3.63) is 23.8 Å². The summed E-state index contributed by atoms with van der Waals surface area (Å²) in [5, 5.41) is 3.46. The van der Waals surface area contributed by atoms with Gasteiger partial charge in [0.2, 0.25) is 0 Å². The lowest BCUT2D eigenvalue weighted by atomic mass is 10.1. The number of ether oxygens (including phenoxy) is 1. The molecule has 0 unspecified atom stereocenters. The van der Waals surface area contributed by atoms with Gasteiger partial charge < -0.3 is 15.8 Å². The molecule has 88 valence electrons. The van der Waals surface area contributed by atoms with Crippen molar-refractivity contribution in [3.8, 4) is 0 Å². The summed E-state index contributed by atoms with van der Waals surface area (Å²) in [4.78, 5) is 8.51. The first-order chi connectivity index (χ1) is 7.88. The molecule has 0 atom stereocenters. The fraction of sp³-hybridized carbons (Fsp3) is 0.636. The molecule has 0 aliphatic carbocycles. The Balaban J connectivity index is 1.79. The van der Waals surface area contributed by atoms with Crippen LogP contribution < -0.4 is 11.1 Å². The van der Waals surface area contributed by atoms with Crippen molar-refractivity contribution in [2.45, 2.75) is 32.0 Å². The number of nitrogens with zero attached hydrogens (tertiary/aromatic N) is 2. The summed E-state index contributed by atoms with van der Waals surface area (Å²) >= 11 is 0. The number of aromatic nitrogens is 2. The second-order valence-corrected chi connectivity index (χ2v) is 3.97. The Kier molecular flexibility index (Phi) is 4.21. The fourth-order valence-electron chi connectivity index (χ4n) is 1.73. The van der Waals surface area contributed by atoms with E-state index in [0.29, 0.717) is 12.6 Å². The fourth-order valence-corrected chi connectivity index (χ4v) is 1.73. The maximum absolute atomic E-state index is 5.46. The zero-order valence-corrected chi connectivity index (χ0v) is 9.35. The van der Waals surface area contributed by atoms with Crippen molar-refractivity contribution in [2.24, 2.45) is 5.73 Å². The molecular weight excluding hydrogens is 204 g/mol. The van der Waals surface area contributed by atoms with Gasteiger partial charge in [-0.3, -0.25) is 9.97 Å². The molecule has 5 heteroatoms. The van der Waals surface area contributed by atoms with E-state index < -0.39 is 0 Å². The lowest BCUT2D eigenvalue weighted by Gasteiger charge is -2.22. The van der Waals surface area contributed by atoms with Crippen molar-refractivity contribution in [1.29, 1.82) is 0 Å². The van der Waals surface area contributed by atoms with E-state index in [0.717, 1.165) is 44.0 Å². The van der Waals surface area contributed by atoms with Gasteiger partial charge in [0.25, 0.3) is 0 Å². The van der Waals surface area contributed by atoms with Crippen molar-refractivity contribution in [2.75, 3.05) is 13.2 Å². The largest absolute Gasteiger partial charge is 0.381 e. The minimum absolute atomic E-state index is 0.445. The number of hydrogen-bond acceptors (Lipinski definition) is 5. The van der Waals surface area contributed by atoms with E-state index in [4.69, 9.17) is 10.5 Å². The van der Waals surface area contributed by atoms with Crippen LogP contribution in [0.3, 0.4) is 0 Å². The molecule has 1 aromatic heterocycles. The van der Waals surface area contributed by atoms with Gasteiger partial charge in [0.15, 0.2) is 0 Å². The molecule has 0 spiro atoms. The lowest BCUT2D eigenvalue weighted by Crippen LogP contribution is -2.34. The van der Waals surface area contributed by atoms with E-state index in [2.05, 4.69) is 15.3 Å². The maximum Gasteiger partial charge on any atom is 0.0724 e. The molecule has 0 bridgehead atoms. The van der Waals surface area contributed by atoms with Crippen LogP contribution in [-0.2, 0) is 17.8 Å². The molecule has 3 N–H and O–H groups in total. The zero-order valence-electron chi connectivity index (χ0n) is 9.35. The number of nitrogens with two attached hydrogens (primary N) is 1. The van der Waals surface area contributed by atoms with Crippen molar-refractivity contribution < 1.29 is 4.74 Å². The van der Waals surface area contributed by atoms with Gasteiger partial charge in [0, 0.05) is 32.3 Å². The van der Waals surface area contributed by atoms with Crippen LogP contribution in [0.2, 0.25) is 0 Å². The second kappa shape index (κ2) is 5.89. The third kappa shape index (κ3) is 3.23. The average Bonchev–Trinajstić information content (AvgIpc) is 2.38. The summed E-state index contributed by atoms with van der Waals surface area (Å²) in [7, 11) is 0. The van der Waals surface area contributed by atoms with Gasteiger partial charge >= 0.3 is 0 Å². The molecular formula is C11H18N4O. The SMILES string of the molecule is NCc1cnc(CNC2CCOCC2)cn1. The summed E-state index contributed by atoms with van der Waals surface area (Å²) < 4.78 is 5.30. The normalized spacial score (nSPS) is 17.6. The minimum atomic E-state index is 0.445. The van der Waals surface area contributed by atoms with Crippen molar-refractivity contribution >= 4 is 0 Å². The Morgan fingerprint density at radius 3 is 2.56 bits per heavy atom. The van der Waals surface area contributed by atoms with E-state index in [1.807, 2.05) is 0 Å². The highest BCUT2D eigenvalue weighted by atomic mass is 16.5. The topological polar surface area (TPSA) is 73.1 Å². The molecule has 1 fully saturated rings. The van der Waals surface area contributed by atoms with Crippen LogP contribution in [0.4, 0.5) is 0 Å². The van der Waals surface area contributed by atoms with Gasteiger partial charge in [-0.1, -0.05) is 0 Å². The molecule has 1 aromatic rings. The predicted molar refractivity (Wildman–Crippen MR) is 60.6 cm³/mol. The maximum atomic E-state index is 5.46. The smallest absolute Gasteiger partial charge is 0.0724 e. The first-order valence-corrected chi connectivity index (χ1v) is 5.69. The summed E-state index contributed by atoms with van der Waals surface area (Å²) in [5.74, 6) is 0. The van der Waals surface area contributed by atoms with Crippen molar-refractivity contribution in [1.82, 2.24) is 15.3 Å². The highest BCUT2D eigenvalue weighted by Crippen LogP contribution is 2.06. The quantitative estimate of drug-likeness (QED) is 0.761. The molecule has 0 aromatic carbocycles. The first-order valence-electron chi connectivity index (χ1n) is 5.69. The summed E-state index contributed by atoms with van der Waals surface area (Å²) in [5.41, 5.74) is 7.25. The zero-order chi connectivity index (χ0) is 11.2. The van der Waals surface area contributed by atoms with Gasteiger partial charge in [-0.05, 0) is 12.8 Å². The predicted octanol–water partition coefficient (Wildman–Crippen LogP) is 0.204. The molecule has 1 aliphatic heterocycles. The summed E-state index contributed by atoms with van der Waals surface area (Å²) in [6.07, 6.45) is 5.68. The lowest BCUT2D eigenvalue weighted by molar-refractivity contribution is 0.0775. The monoisotopic (exact) mass is 222 g/mol. The summed E-state index contributed by atoms with van der Waals surface area (Å²) in [6.45, 7) is 2.92. The van der Waals surface area contributed by atoms with E-state index in [-0.39, 0.29) is 0 Å². The second-order valence-electron chi connectivity index (χ2n) is 3.97. The Hall–Kier alpha value is -1.04. The minimum Gasteiger partial charge on any atom is -0.381 e. The van der Waals surface area contributed by atoms with Crippen LogP contribution >= 0.6 is 0 Å². The number of nitrogens with one attached hydrogen (secondary N) is 1. The van der Waals surface area contributed by atoms with Crippen LogP contribution in [0, 0.1) is 0 Å². The third-order valence-corrected chi connectivity index (χ3v) is 2.76. The van der Waals surface area contributed by atoms with Crippen LogP contribution in [0.1, 0.15) is 24.2 Å². The van der Waals surface area contributed by atoms with Gasteiger partial charge in [-0.2, -0.15) is 0 Å². The molecule has 1 aliphatic rings. The highest BCUT2D eigenvalue weighted by Gasteiger charge is 2.12. The average molecular weight is 222 g/mol. The Morgan fingerprint density at radius 2 is 1.94 bits per heavy atom. The Morgan fingerprint density at radius 1 is 1.25 bits per heavy atom. The molecule has 0 saturated carbocycles. The standard InChI is InChI=1S/C11H18N4O/c12-5-10-6-15-11(8-14-10)7-13-9-1-3-16-4-2-9/h6,8-9,13H,1-5,7,12H2. The first kappa shape index (κ1) is 11.4. The van der Waals surface area contributed by atoms with E-state index in [9.17, 15) is 0 Å². The molecule has 2 heterocycles. The molecule has 5 nitrogen and oxygen atoms in total. The summed E-state index contributed by atoms with van der Waals surface area (Å²) in [6, 6.07) is 0.546. The molecule has 0 radical (unpaired) electrons. The highest BCUT2D eigenvalue weighted by molar-refractivity contribution is 5.01. The third-order valence-electron chi connectivity index (χ3n) is 2.76. The molecule has 1 saturated heterocycles. The molecule has 16 heavy (non-hydrogen) atoms. The van der Waals surface area contributed by atoms with E-state index >= 15 is 0 Å². The van der Waals surface area contributed by atoms with Crippen molar-refractivity contribution in [3.63, 3.8) is 0 Å². The van der Waals surface area contributed by atoms with Gasteiger partial charge in [0.1, 0.15) is 0 Å². The van der Waals surface area contributed by atoms with E-state index in [1.54, 1.807) is 12.4 Å². The molecule has 2 rings (SSSR count).